The van der Waals surface area contributed by atoms with Crippen molar-refractivity contribution in [1.82, 2.24) is 0 Å². The number of hydrogen-bond acceptors (Lipinski definition) is 1. The lowest BCUT2D eigenvalue weighted by atomic mass is 9.99. The molecule has 3 aromatic carbocycles. The van der Waals surface area contributed by atoms with Crippen molar-refractivity contribution in [2.45, 2.75) is 6.92 Å². The average Bonchev–Trinajstić information content (AvgIpc) is 2.49. The maximum Gasteiger partial charge on any atom is 0.135 e. The number of rotatable bonds is 3. The smallest absolute Gasteiger partial charge is 0.135 e. The Balaban J connectivity index is 2.06. The molecule has 1 heteroatoms. The molecule has 0 aliphatic carbocycles. The van der Waals surface area contributed by atoms with Crippen LogP contribution in [0.15, 0.2) is 78.9 Å². The third kappa shape index (κ3) is 2.57. The normalized spacial score (nSPS) is 10.2. The highest BCUT2D eigenvalue weighted by atomic mass is 16.5. The van der Waals surface area contributed by atoms with E-state index in [0.29, 0.717) is 0 Å². The van der Waals surface area contributed by atoms with Crippen LogP contribution in [0.1, 0.15) is 5.56 Å². The Labute approximate surface area is 119 Å². The summed E-state index contributed by atoms with van der Waals surface area (Å²) in [5.74, 6) is 1.75. The Morgan fingerprint density at radius 1 is 0.650 bits per heavy atom. The minimum atomic E-state index is 0.857. The minimum absolute atomic E-state index is 0.857. The predicted octanol–water partition coefficient (Wildman–Crippen LogP) is 5.45. The molecule has 20 heavy (non-hydrogen) atoms. The van der Waals surface area contributed by atoms with Gasteiger partial charge in [-0.05, 0) is 36.2 Å². The SMILES string of the molecule is Cc1cccc(Oc2ccccc2)c1-c1ccccc1. The summed E-state index contributed by atoms with van der Waals surface area (Å²) in [5, 5.41) is 0. The molecule has 0 aliphatic heterocycles. The standard InChI is InChI=1S/C19H16O/c1-15-9-8-14-18(20-17-12-6-3-7-13-17)19(15)16-10-4-2-5-11-16/h2-14H,1H3. The van der Waals surface area contributed by atoms with E-state index in [9.17, 15) is 0 Å². The molecule has 3 aromatic rings. The van der Waals surface area contributed by atoms with Gasteiger partial charge in [0.2, 0.25) is 0 Å². The van der Waals surface area contributed by atoms with Crippen LogP contribution < -0.4 is 4.74 Å². The zero-order valence-electron chi connectivity index (χ0n) is 11.4. The monoisotopic (exact) mass is 260 g/mol. The number of benzene rings is 3. The van der Waals surface area contributed by atoms with Crippen molar-refractivity contribution < 1.29 is 4.74 Å². The molecule has 0 aromatic heterocycles. The molecule has 0 heterocycles. The van der Waals surface area contributed by atoms with Gasteiger partial charge in [0, 0.05) is 5.56 Å². The summed E-state index contributed by atoms with van der Waals surface area (Å²) in [4.78, 5) is 0. The van der Waals surface area contributed by atoms with Crippen molar-refractivity contribution >= 4 is 0 Å². The summed E-state index contributed by atoms with van der Waals surface area (Å²) >= 11 is 0. The van der Waals surface area contributed by atoms with Crippen LogP contribution in [-0.2, 0) is 0 Å². The predicted molar refractivity (Wildman–Crippen MR) is 83.1 cm³/mol. The quantitative estimate of drug-likeness (QED) is 0.608. The Hall–Kier alpha value is -2.54. The first kappa shape index (κ1) is 12.5. The number of para-hydroxylation sites is 1. The van der Waals surface area contributed by atoms with Gasteiger partial charge < -0.3 is 4.74 Å². The van der Waals surface area contributed by atoms with Crippen molar-refractivity contribution in [3.63, 3.8) is 0 Å². The lowest BCUT2D eigenvalue weighted by molar-refractivity contribution is 0.484. The minimum Gasteiger partial charge on any atom is -0.457 e. The van der Waals surface area contributed by atoms with E-state index < -0.39 is 0 Å². The van der Waals surface area contributed by atoms with Gasteiger partial charge in [-0.15, -0.1) is 0 Å². The molecule has 1 nitrogen and oxygen atoms in total. The Morgan fingerprint density at radius 2 is 1.30 bits per heavy atom. The van der Waals surface area contributed by atoms with Gasteiger partial charge in [-0.1, -0.05) is 60.7 Å². The summed E-state index contributed by atoms with van der Waals surface area (Å²) in [6, 6.07) is 26.4. The molecule has 0 bridgehead atoms. The van der Waals surface area contributed by atoms with Crippen LogP contribution in [0.2, 0.25) is 0 Å². The van der Waals surface area contributed by atoms with Gasteiger partial charge in [-0.2, -0.15) is 0 Å². The third-order valence-electron chi connectivity index (χ3n) is 3.27. The molecule has 0 unspecified atom stereocenters. The highest BCUT2D eigenvalue weighted by Crippen LogP contribution is 2.35. The van der Waals surface area contributed by atoms with Crippen LogP contribution in [0.5, 0.6) is 11.5 Å². The first-order chi connectivity index (χ1) is 9.84. The van der Waals surface area contributed by atoms with Crippen molar-refractivity contribution in [3.8, 4) is 22.6 Å². The number of aryl methyl sites for hydroxylation is 1. The maximum absolute atomic E-state index is 6.04. The lowest BCUT2D eigenvalue weighted by Gasteiger charge is -2.13. The molecule has 3 rings (SSSR count). The van der Waals surface area contributed by atoms with E-state index in [0.717, 1.165) is 17.1 Å². The van der Waals surface area contributed by atoms with Gasteiger partial charge >= 0.3 is 0 Å². The fraction of sp³-hybridized carbons (Fsp3) is 0.0526. The average molecular weight is 260 g/mol. The van der Waals surface area contributed by atoms with Crippen LogP contribution in [0.4, 0.5) is 0 Å². The van der Waals surface area contributed by atoms with Crippen molar-refractivity contribution in [3.05, 3.63) is 84.4 Å². The molecule has 0 saturated heterocycles. The van der Waals surface area contributed by atoms with Gasteiger partial charge in [-0.25, -0.2) is 0 Å². The second-order valence-electron chi connectivity index (χ2n) is 4.73. The van der Waals surface area contributed by atoms with Crippen LogP contribution >= 0.6 is 0 Å². The summed E-state index contributed by atoms with van der Waals surface area (Å²) in [5.41, 5.74) is 3.54. The van der Waals surface area contributed by atoms with Gasteiger partial charge in [0.1, 0.15) is 11.5 Å². The second-order valence-corrected chi connectivity index (χ2v) is 4.73. The van der Waals surface area contributed by atoms with E-state index in [1.807, 2.05) is 60.7 Å². The van der Waals surface area contributed by atoms with Gasteiger partial charge in [0.25, 0.3) is 0 Å². The van der Waals surface area contributed by atoms with E-state index >= 15 is 0 Å². The van der Waals surface area contributed by atoms with Gasteiger partial charge in [0.05, 0.1) is 0 Å². The highest BCUT2D eigenvalue weighted by Gasteiger charge is 2.09. The Kier molecular flexibility index (Phi) is 3.51. The summed E-state index contributed by atoms with van der Waals surface area (Å²) in [7, 11) is 0. The molecule has 0 saturated carbocycles. The first-order valence-electron chi connectivity index (χ1n) is 6.72. The van der Waals surface area contributed by atoms with E-state index in [1.54, 1.807) is 0 Å². The molecule has 98 valence electrons. The number of ether oxygens (including phenoxy) is 1. The van der Waals surface area contributed by atoms with E-state index in [4.69, 9.17) is 4.74 Å². The zero-order chi connectivity index (χ0) is 13.8. The van der Waals surface area contributed by atoms with Gasteiger partial charge in [-0.3, -0.25) is 0 Å². The second kappa shape index (κ2) is 5.62. The highest BCUT2D eigenvalue weighted by molar-refractivity contribution is 5.74. The maximum atomic E-state index is 6.04. The van der Waals surface area contributed by atoms with Gasteiger partial charge in [0.15, 0.2) is 0 Å². The Bertz CT molecular complexity index is 687. The summed E-state index contributed by atoms with van der Waals surface area (Å²) in [6.45, 7) is 2.11. The summed E-state index contributed by atoms with van der Waals surface area (Å²) < 4.78 is 6.04. The van der Waals surface area contributed by atoms with E-state index in [2.05, 4.69) is 25.1 Å². The topological polar surface area (TPSA) is 9.23 Å². The van der Waals surface area contributed by atoms with Crippen LogP contribution in [0, 0.1) is 6.92 Å². The molecule has 0 spiro atoms. The summed E-state index contributed by atoms with van der Waals surface area (Å²) in [6.07, 6.45) is 0. The first-order valence-corrected chi connectivity index (χ1v) is 6.72. The molecule has 0 atom stereocenters. The van der Waals surface area contributed by atoms with Crippen molar-refractivity contribution in [1.29, 1.82) is 0 Å². The van der Waals surface area contributed by atoms with Crippen LogP contribution in [0.25, 0.3) is 11.1 Å². The van der Waals surface area contributed by atoms with Crippen LogP contribution in [0.3, 0.4) is 0 Å². The van der Waals surface area contributed by atoms with Crippen molar-refractivity contribution in [2.24, 2.45) is 0 Å². The molecule has 0 amide bonds. The zero-order valence-corrected chi connectivity index (χ0v) is 11.4. The lowest BCUT2D eigenvalue weighted by Crippen LogP contribution is -1.90. The molecule has 0 aliphatic rings. The molecule has 0 radical (unpaired) electrons. The fourth-order valence-electron chi connectivity index (χ4n) is 2.32. The van der Waals surface area contributed by atoms with E-state index in [-0.39, 0.29) is 0 Å². The fourth-order valence-corrected chi connectivity index (χ4v) is 2.32. The molecular weight excluding hydrogens is 244 g/mol. The molecule has 0 N–H and O–H groups in total. The third-order valence-corrected chi connectivity index (χ3v) is 3.27. The largest absolute Gasteiger partial charge is 0.457 e. The molecular formula is C19H16O. The Morgan fingerprint density at radius 3 is 2.00 bits per heavy atom. The van der Waals surface area contributed by atoms with E-state index in [1.165, 1.54) is 11.1 Å². The molecule has 0 fully saturated rings. The van der Waals surface area contributed by atoms with Crippen LogP contribution in [-0.4, -0.2) is 0 Å². The van der Waals surface area contributed by atoms with Crippen molar-refractivity contribution in [2.75, 3.05) is 0 Å². The number of hydrogen-bond donors (Lipinski definition) is 0.